The van der Waals surface area contributed by atoms with E-state index in [1.807, 2.05) is 12.1 Å². The molecule has 72 valence electrons. The molecule has 1 rings (SSSR count). The minimum Gasteiger partial charge on any atom is -0.497 e. The number of rotatable bonds is 3. The quantitative estimate of drug-likeness (QED) is 0.811. The van der Waals surface area contributed by atoms with E-state index < -0.39 is 0 Å². The lowest BCUT2D eigenvalue weighted by molar-refractivity contribution is 0.195. The Labute approximate surface area is 83.1 Å². The monoisotopic (exact) mass is 200 g/mol. The molecule has 0 aliphatic heterocycles. The van der Waals surface area contributed by atoms with Crippen molar-refractivity contribution < 1.29 is 9.84 Å². The van der Waals surface area contributed by atoms with Gasteiger partial charge in [0.05, 0.1) is 13.2 Å². The summed E-state index contributed by atoms with van der Waals surface area (Å²) in [6, 6.07) is 5.45. The van der Waals surface area contributed by atoms with Gasteiger partial charge in [0.25, 0.3) is 0 Å². The summed E-state index contributed by atoms with van der Waals surface area (Å²) in [5.74, 6) is 0.725. The van der Waals surface area contributed by atoms with Gasteiger partial charge in [0, 0.05) is 5.02 Å². The number of halogens is 1. The molecule has 1 atom stereocenters. The third kappa shape index (κ3) is 3.25. The van der Waals surface area contributed by atoms with Gasteiger partial charge in [0.15, 0.2) is 0 Å². The molecule has 0 amide bonds. The van der Waals surface area contributed by atoms with Gasteiger partial charge in [0.1, 0.15) is 5.75 Å². The van der Waals surface area contributed by atoms with Crippen LogP contribution in [0, 0.1) is 0 Å². The standard InChI is InChI=1S/C10H13ClO2/c1-7(12)3-8-4-9(11)6-10(5-8)13-2/h4-7,12H,3H2,1-2H3. The number of hydrogen-bond donors (Lipinski definition) is 1. The van der Waals surface area contributed by atoms with E-state index in [2.05, 4.69) is 0 Å². The Kier molecular flexibility index (Phi) is 3.58. The maximum atomic E-state index is 9.18. The lowest BCUT2D eigenvalue weighted by Crippen LogP contribution is -2.04. The van der Waals surface area contributed by atoms with Crippen LogP contribution in [-0.4, -0.2) is 18.3 Å². The maximum absolute atomic E-state index is 9.18. The molecular formula is C10H13ClO2. The fourth-order valence-electron chi connectivity index (χ4n) is 1.20. The van der Waals surface area contributed by atoms with E-state index in [-0.39, 0.29) is 6.10 Å². The van der Waals surface area contributed by atoms with E-state index >= 15 is 0 Å². The zero-order valence-electron chi connectivity index (χ0n) is 7.75. The van der Waals surface area contributed by atoms with Crippen LogP contribution in [0.4, 0.5) is 0 Å². The summed E-state index contributed by atoms with van der Waals surface area (Å²) in [7, 11) is 1.60. The average Bonchev–Trinajstić information content (AvgIpc) is 2.01. The van der Waals surface area contributed by atoms with Crippen LogP contribution >= 0.6 is 11.6 Å². The number of ether oxygens (including phenoxy) is 1. The van der Waals surface area contributed by atoms with Crippen molar-refractivity contribution in [3.63, 3.8) is 0 Å². The predicted octanol–water partition coefficient (Wildman–Crippen LogP) is 2.27. The Hall–Kier alpha value is -0.730. The van der Waals surface area contributed by atoms with Gasteiger partial charge in [-0.3, -0.25) is 0 Å². The van der Waals surface area contributed by atoms with Crippen LogP contribution in [-0.2, 0) is 6.42 Å². The summed E-state index contributed by atoms with van der Waals surface area (Å²) in [5.41, 5.74) is 0.986. The zero-order valence-corrected chi connectivity index (χ0v) is 8.51. The minimum atomic E-state index is -0.358. The normalized spacial score (nSPS) is 12.6. The SMILES string of the molecule is COc1cc(Cl)cc(CC(C)O)c1. The number of hydrogen-bond acceptors (Lipinski definition) is 2. The summed E-state index contributed by atoms with van der Waals surface area (Å²) in [6.07, 6.45) is 0.236. The molecule has 0 aliphatic carbocycles. The average molecular weight is 201 g/mol. The van der Waals surface area contributed by atoms with Crippen molar-refractivity contribution in [2.75, 3.05) is 7.11 Å². The third-order valence-corrected chi connectivity index (χ3v) is 1.92. The molecule has 0 radical (unpaired) electrons. The van der Waals surface area contributed by atoms with Crippen LogP contribution in [0.2, 0.25) is 5.02 Å². The van der Waals surface area contributed by atoms with Crippen LogP contribution in [0.5, 0.6) is 5.75 Å². The molecule has 0 aromatic heterocycles. The molecular weight excluding hydrogens is 188 g/mol. The molecule has 0 fully saturated rings. The highest BCUT2D eigenvalue weighted by atomic mass is 35.5. The van der Waals surface area contributed by atoms with Gasteiger partial charge in [-0.2, -0.15) is 0 Å². The molecule has 2 nitrogen and oxygen atoms in total. The Morgan fingerprint density at radius 1 is 1.46 bits per heavy atom. The Balaban J connectivity index is 2.88. The van der Waals surface area contributed by atoms with Crippen LogP contribution < -0.4 is 4.74 Å². The van der Waals surface area contributed by atoms with Crippen molar-refractivity contribution in [3.8, 4) is 5.75 Å². The zero-order chi connectivity index (χ0) is 9.84. The first-order chi connectivity index (χ1) is 6.11. The summed E-state index contributed by atoms with van der Waals surface area (Å²) in [6.45, 7) is 1.74. The Bertz CT molecular complexity index is 284. The predicted molar refractivity (Wildman–Crippen MR) is 53.4 cm³/mol. The van der Waals surface area contributed by atoms with Gasteiger partial charge in [-0.15, -0.1) is 0 Å². The first-order valence-electron chi connectivity index (χ1n) is 4.13. The fourth-order valence-corrected chi connectivity index (χ4v) is 1.45. The van der Waals surface area contributed by atoms with Crippen molar-refractivity contribution in [3.05, 3.63) is 28.8 Å². The topological polar surface area (TPSA) is 29.5 Å². The number of benzene rings is 1. The summed E-state index contributed by atoms with van der Waals surface area (Å²) < 4.78 is 5.05. The molecule has 1 aromatic carbocycles. The van der Waals surface area contributed by atoms with Crippen LogP contribution in [0.15, 0.2) is 18.2 Å². The molecule has 0 bridgehead atoms. The minimum absolute atomic E-state index is 0.358. The summed E-state index contributed by atoms with van der Waals surface area (Å²) in [4.78, 5) is 0. The van der Waals surface area contributed by atoms with Gasteiger partial charge in [0.2, 0.25) is 0 Å². The largest absolute Gasteiger partial charge is 0.497 e. The van der Waals surface area contributed by atoms with Gasteiger partial charge < -0.3 is 9.84 Å². The van der Waals surface area contributed by atoms with Crippen molar-refractivity contribution in [1.82, 2.24) is 0 Å². The first kappa shape index (κ1) is 10.4. The second-order valence-electron chi connectivity index (χ2n) is 3.05. The van der Waals surface area contributed by atoms with E-state index in [1.165, 1.54) is 0 Å². The van der Waals surface area contributed by atoms with Crippen LogP contribution in [0.25, 0.3) is 0 Å². The van der Waals surface area contributed by atoms with E-state index in [9.17, 15) is 5.11 Å². The molecule has 1 N–H and O–H groups in total. The molecule has 0 aliphatic rings. The highest BCUT2D eigenvalue weighted by Crippen LogP contribution is 2.21. The molecule has 13 heavy (non-hydrogen) atoms. The summed E-state index contributed by atoms with van der Waals surface area (Å²) >= 11 is 5.85. The van der Waals surface area contributed by atoms with E-state index in [0.29, 0.717) is 11.4 Å². The Morgan fingerprint density at radius 3 is 2.69 bits per heavy atom. The third-order valence-electron chi connectivity index (χ3n) is 1.70. The second-order valence-corrected chi connectivity index (χ2v) is 3.49. The molecule has 3 heteroatoms. The molecule has 1 unspecified atom stereocenters. The van der Waals surface area contributed by atoms with Gasteiger partial charge in [-0.05, 0) is 37.1 Å². The lowest BCUT2D eigenvalue weighted by Gasteiger charge is -2.07. The van der Waals surface area contributed by atoms with E-state index in [0.717, 1.165) is 11.3 Å². The smallest absolute Gasteiger partial charge is 0.120 e. The van der Waals surface area contributed by atoms with Gasteiger partial charge >= 0.3 is 0 Å². The molecule has 1 aromatic rings. The molecule has 0 saturated carbocycles. The summed E-state index contributed by atoms with van der Waals surface area (Å²) in [5, 5.41) is 9.81. The highest BCUT2D eigenvalue weighted by Gasteiger charge is 2.02. The maximum Gasteiger partial charge on any atom is 0.120 e. The van der Waals surface area contributed by atoms with Crippen molar-refractivity contribution in [1.29, 1.82) is 0 Å². The molecule has 0 spiro atoms. The second kappa shape index (κ2) is 4.49. The fraction of sp³-hybridized carbons (Fsp3) is 0.400. The van der Waals surface area contributed by atoms with Crippen LogP contribution in [0.3, 0.4) is 0 Å². The van der Waals surface area contributed by atoms with Gasteiger partial charge in [-0.25, -0.2) is 0 Å². The number of aliphatic hydroxyl groups is 1. The lowest BCUT2D eigenvalue weighted by atomic mass is 10.1. The van der Waals surface area contributed by atoms with Crippen molar-refractivity contribution >= 4 is 11.6 Å². The highest BCUT2D eigenvalue weighted by molar-refractivity contribution is 6.30. The first-order valence-corrected chi connectivity index (χ1v) is 4.51. The van der Waals surface area contributed by atoms with Crippen molar-refractivity contribution in [2.24, 2.45) is 0 Å². The number of aliphatic hydroxyl groups excluding tert-OH is 1. The van der Waals surface area contributed by atoms with Crippen molar-refractivity contribution in [2.45, 2.75) is 19.4 Å². The van der Waals surface area contributed by atoms with E-state index in [1.54, 1.807) is 20.1 Å². The number of methoxy groups -OCH3 is 1. The van der Waals surface area contributed by atoms with Gasteiger partial charge in [-0.1, -0.05) is 11.6 Å². The molecule has 0 heterocycles. The Morgan fingerprint density at radius 2 is 2.15 bits per heavy atom. The van der Waals surface area contributed by atoms with Crippen LogP contribution in [0.1, 0.15) is 12.5 Å². The molecule has 0 saturated heterocycles. The van der Waals surface area contributed by atoms with E-state index in [4.69, 9.17) is 16.3 Å².